The molecule has 84 valence electrons. The first-order valence-electron chi connectivity index (χ1n) is 5.52. The van der Waals surface area contributed by atoms with Crippen LogP contribution < -0.4 is 5.32 Å². The van der Waals surface area contributed by atoms with Gasteiger partial charge in [-0.15, -0.1) is 10.2 Å². The first-order chi connectivity index (χ1) is 8.38. The molecule has 1 aliphatic rings. The van der Waals surface area contributed by atoms with Crippen molar-refractivity contribution in [2.75, 3.05) is 6.54 Å². The van der Waals surface area contributed by atoms with Crippen molar-refractivity contribution in [2.45, 2.75) is 13.1 Å². The molecular weight excluding hydrogens is 214 g/mol. The summed E-state index contributed by atoms with van der Waals surface area (Å²) in [7, 11) is 0. The Morgan fingerprint density at radius 1 is 1.24 bits per heavy atom. The molecule has 0 fully saturated rings. The zero-order valence-corrected chi connectivity index (χ0v) is 9.22. The van der Waals surface area contributed by atoms with E-state index >= 15 is 0 Å². The molecule has 17 heavy (non-hydrogen) atoms. The predicted octanol–water partition coefficient (Wildman–Crippen LogP) is 0.920. The molecule has 0 aliphatic carbocycles. The largest absolute Gasteiger partial charge is 0.309 e. The van der Waals surface area contributed by atoms with Gasteiger partial charge in [0.05, 0.1) is 18.2 Å². The number of hydrogen-bond acceptors (Lipinski definition) is 4. The maximum absolute atomic E-state index is 8.76. The van der Waals surface area contributed by atoms with Crippen molar-refractivity contribution >= 4 is 0 Å². The third-order valence-corrected chi connectivity index (χ3v) is 2.89. The van der Waals surface area contributed by atoms with Gasteiger partial charge < -0.3 is 9.88 Å². The fourth-order valence-electron chi connectivity index (χ4n) is 2.00. The molecule has 5 heteroatoms. The van der Waals surface area contributed by atoms with Gasteiger partial charge in [-0.1, -0.05) is 0 Å². The molecule has 0 amide bonds. The molecule has 2 heterocycles. The first-order valence-corrected chi connectivity index (χ1v) is 5.52. The summed E-state index contributed by atoms with van der Waals surface area (Å²) in [5.41, 5.74) is 1.67. The summed E-state index contributed by atoms with van der Waals surface area (Å²) in [6, 6.07) is 9.55. The van der Waals surface area contributed by atoms with Gasteiger partial charge in [0, 0.05) is 18.7 Å². The average molecular weight is 225 g/mol. The summed E-state index contributed by atoms with van der Waals surface area (Å²) in [6.45, 7) is 2.59. The van der Waals surface area contributed by atoms with E-state index in [0.29, 0.717) is 5.56 Å². The zero-order chi connectivity index (χ0) is 11.7. The van der Waals surface area contributed by atoms with Crippen LogP contribution in [0, 0.1) is 11.3 Å². The summed E-state index contributed by atoms with van der Waals surface area (Å²) in [6.07, 6.45) is 0. The van der Waals surface area contributed by atoms with Crippen LogP contribution in [0.15, 0.2) is 24.3 Å². The molecule has 1 aromatic carbocycles. The van der Waals surface area contributed by atoms with Gasteiger partial charge in [0.1, 0.15) is 5.82 Å². The highest BCUT2D eigenvalue weighted by atomic mass is 15.3. The van der Waals surface area contributed by atoms with Crippen molar-refractivity contribution < 1.29 is 0 Å². The molecule has 0 atom stereocenters. The lowest BCUT2D eigenvalue weighted by Crippen LogP contribution is -2.28. The molecule has 3 rings (SSSR count). The molecule has 0 spiro atoms. The predicted molar refractivity (Wildman–Crippen MR) is 61.9 cm³/mol. The highest BCUT2D eigenvalue weighted by molar-refractivity contribution is 5.57. The van der Waals surface area contributed by atoms with Crippen LogP contribution in [-0.4, -0.2) is 21.3 Å². The number of benzene rings is 1. The zero-order valence-electron chi connectivity index (χ0n) is 9.22. The fourth-order valence-corrected chi connectivity index (χ4v) is 2.00. The number of hydrogen-bond donors (Lipinski definition) is 1. The topological polar surface area (TPSA) is 66.5 Å². The van der Waals surface area contributed by atoms with E-state index in [0.717, 1.165) is 36.8 Å². The molecule has 0 radical (unpaired) electrons. The van der Waals surface area contributed by atoms with Crippen molar-refractivity contribution in [1.29, 1.82) is 5.26 Å². The molecule has 2 aromatic rings. The molecule has 0 saturated carbocycles. The van der Waals surface area contributed by atoms with Crippen molar-refractivity contribution in [3.63, 3.8) is 0 Å². The minimum atomic E-state index is 0.661. The number of fused-ring (bicyclic) bond motifs is 1. The van der Waals surface area contributed by atoms with Crippen molar-refractivity contribution in [3.05, 3.63) is 35.7 Å². The number of nitriles is 1. The van der Waals surface area contributed by atoms with Crippen LogP contribution in [0.5, 0.6) is 0 Å². The van der Waals surface area contributed by atoms with Gasteiger partial charge in [-0.05, 0) is 24.3 Å². The molecule has 0 bridgehead atoms. The van der Waals surface area contributed by atoms with Crippen molar-refractivity contribution in [2.24, 2.45) is 0 Å². The van der Waals surface area contributed by atoms with E-state index in [1.807, 2.05) is 12.1 Å². The second-order valence-corrected chi connectivity index (χ2v) is 3.96. The van der Waals surface area contributed by atoms with Gasteiger partial charge in [-0.2, -0.15) is 5.26 Å². The molecule has 1 N–H and O–H groups in total. The van der Waals surface area contributed by atoms with Crippen molar-refractivity contribution in [1.82, 2.24) is 20.1 Å². The number of nitrogens with zero attached hydrogens (tertiary/aromatic N) is 4. The normalized spacial score (nSPS) is 14.1. The maximum atomic E-state index is 8.76. The Morgan fingerprint density at radius 3 is 2.82 bits per heavy atom. The Balaban J connectivity index is 2.03. The SMILES string of the molecule is N#Cc1ccc(-c2nnc3n2CCNC3)cc1. The monoisotopic (exact) mass is 225 g/mol. The van der Waals surface area contributed by atoms with Gasteiger partial charge in [-0.25, -0.2) is 0 Å². The Bertz CT molecular complexity index is 576. The quantitative estimate of drug-likeness (QED) is 0.783. The fraction of sp³-hybridized carbons (Fsp3) is 0.250. The van der Waals surface area contributed by atoms with E-state index in [4.69, 9.17) is 5.26 Å². The lowest BCUT2D eigenvalue weighted by molar-refractivity contribution is 0.508. The minimum Gasteiger partial charge on any atom is -0.309 e. The second-order valence-electron chi connectivity index (χ2n) is 3.96. The van der Waals surface area contributed by atoms with E-state index in [-0.39, 0.29) is 0 Å². The summed E-state index contributed by atoms with van der Waals surface area (Å²) in [5, 5.41) is 20.4. The molecular formula is C12H11N5. The van der Waals surface area contributed by atoms with Crippen LogP contribution >= 0.6 is 0 Å². The van der Waals surface area contributed by atoms with Crippen LogP contribution in [0.25, 0.3) is 11.4 Å². The smallest absolute Gasteiger partial charge is 0.164 e. The average Bonchev–Trinajstić information content (AvgIpc) is 2.83. The first kappa shape index (κ1) is 10.00. The number of aromatic nitrogens is 3. The third kappa shape index (κ3) is 1.69. The van der Waals surface area contributed by atoms with E-state index in [1.54, 1.807) is 12.1 Å². The summed E-state index contributed by atoms with van der Waals surface area (Å²) >= 11 is 0. The maximum Gasteiger partial charge on any atom is 0.164 e. The van der Waals surface area contributed by atoms with E-state index < -0.39 is 0 Å². The lowest BCUT2D eigenvalue weighted by atomic mass is 10.1. The van der Waals surface area contributed by atoms with Crippen LogP contribution in [0.3, 0.4) is 0 Å². The molecule has 1 aromatic heterocycles. The van der Waals surface area contributed by atoms with Gasteiger partial charge in [0.25, 0.3) is 0 Å². The Kier molecular flexibility index (Phi) is 2.35. The van der Waals surface area contributed by atoms with Crippen molar-refractivity contribution in [3.8, 4) is 17.5 Å². The Hall–Kier alpha value is -2.19. The third-order valence-electron chi connectivity index (χ3n) is 2.89. The molecule has 0 saturated heterocycles. The van der Waals surface area contributed by atoms with Gasteiger partial charge in [0.15, 0.2) is 5.82 Å². The highest BCUT2D eigenvalue weighted by Gasteiger charge is 2.16. The van der Waals surface area contributed by atoms with Crippen LogP contribution in [-0.2, 0) is 13.1 Å². The molecule has 5 nitrogen and oxygen atoms in total. The molecule has 0 unspecified atom stereocenters. The Morgan fingerprint density at radius 2 is 2.06 bits per heavy atom. The van der Waals surface area contributed by atoms with Gasteiger partial charge >= 0.3 is 0 Å². The number of nitrogens with one attached hydrogen (secondary N) is 1. The molecule has 1 aliphatic heterocycles. The van der Waals surface area contributed by atoms with Gasteiger partial charge in [-0.3, -0.25) is 0 Å². The Labute approximate surface area is 98.7 Å². The summed E-state index contributed by atoms with van der Waals surface area (Å²) in [4.78, 5) is 0. The van der Waals surface area contributed by atoms with Gasteiger partial charge in [0.2, 0.25) is 0 Å². The summed E-state index contributed by atoms with van der Waals surface area (Å²) in [5.74, 6) is 1.85. The van der Waals surface area contributed by atoms with E-state index in [2.05, 4.69) is 26.2 Å². The van der Waals surface area contributed by atoms with E-state index in [9.17, 15) is 0 Å². The van der Waals surface area contributed by atoms with Crippen LogP contribution in [0.4, 0.5) is 0 Å². The van der Waals surface area contributed by atoms with Crippen LogP contribution in [0.2, 0.25) is 0 Å². The highest BCUT2D eigenvalue weighted by Crippen LogP contribution is 2.19. The second kappa shape index (κ2) is 4.00. The number of rotatable bonds is 1. The van der Waals surface area contributed by atoms with E-state index in [1.165, 1.54) is 0 Å². The summed E-state index contributed by atoms with van der Waals surface area (Å²) < 4.78 is 2.12. The van der Waals surface area contributed by atoms with Crippen LogP contribution in [0.1, 0.15) is 11.4 Å². The standard InChI is InChI=1S/C12H11N5/c13-7-9-1-3-10(4-2-9)12-16-15-11-8-14-5-6-17(11)12/h1-4,14H,5-6,8H2. The lowest BCUT2D eigenvalue weighted by Gasteiger charge is -2.15. The minimum absolute atomic E-state index is 0.661.